The van der Waals surface area contributed by atoms with Gasteiger partial charge in [-0.15, -0.1) is 6.42 Å². The molecule has 0 radical (unpaired) electrons. The average Bonchev–Trinajstić information content (AvgIpc) is 2.98. The molecule has 170 valence electrons. The molecule has 1 unspecified atom stereocenters. The quantitative estimate of drug-likeness (QED) is 0.430. The van der Waals surface area contributed by atoms with Crippen molar-refractivity contribution in [2.24, 2.45) is 0 Å². The molecule has 5 atom stereocenters. The van der Waals surface area contributed by atoms with Crippen LogP contribution in [0.1, 0.15) is 22.9 Å². The third-order valence-electron chi connectivity index (χ3n) is 5.07. The molecule has 0 aliphatic carbocycles. The zero-order chi connectivity index (χ0) is 23.3. The van der Waals surface area contributed by atoms with Crippen molar-refractivity contribution in [2.45, 2.75) is 37.8 Å². The molecule has 4 rings (SSSR count). The molecule has 0 spiro atoms. The molecule has 3 N–H and O–H groups in total. The summed E-state index contributed by atoms with van der Waals surface area (Å²) in [6.07, 6.45) is 0.110. The van der Waals surface area contributed by atoms with Gasteiger partial charge in [0.15, 0.2) is 6.23 Å². The molecule has 0 saturated carbocycles. The maximum absolute atomic E-state index is 15.4. The van der Waals surface area contributed by atoms with Gasteiger partial charge < -0.3 is 19.5 Å². The summed E-state index contributed by atoms with van der Waals surface area (Å²) < 4.78 is 49.3. The Kier molecular flexibility index (Phi) is 5.58. The maximum atomic E-state index is 15.4. The lowest BCUT2D eigenvalue weighted by Crippen LogP contribution is -2.43. The second kappa shape index (κ2) is 7.97. The van der Waals surface area contributed by atoms with E-state index in [0.717, 1.165) is 6.20 Å². The van der Waals surface area contributed by atoms with Crippen LogP contribution in [0.4, 0.5) is 4.39 Å². The smallest absolute Gasteiger partial charge is 0.403 e. The molecular formula is C19H18FN2O9P. The van der Waals surface area contributed by atoms with Gasteiger partial charge in [-0.1, -0.05) is 24.1 Å². The van der Waals surface area contributed by atoms with E-state index in [0.29, 0.717) is 15.7 Å². The summed E-state index contributed by atoms with van der Waals surface area (Å²) in [6, 6.07) is 5.16. The number of ether oxygens (including phenoxy) is 1. The van der Waals surface area contributed by atoms with E-state index in [4.69, 9.17) is 24.7 Å². The number of nitrogens with zero attached hydrogens (tertiary/aromatic N) is 1. The van der Waals surface area contributed by atoms with Gasteiger partial charge in [-0.3, -0.25) is 23.4 Å². The van der Waals surface area contributed by atoms with E-state index < -0.39 is 50.0 Å². The van der Waals surface area contributed by atoms with Crippen LogP contribution < -0.4 is 15.8 Å². The van der Waals surface area contributed by atoms with E-state index in [1.807, 2.05) is 10.9 Å². The highest BCUT2D eigenvalue weighted by atomic mass is 31.2. The highest BCUT2D eigenvalue weighted by molar-refractivity contribution is 7.49. The number of phosphoric acid groups is 1. The fourth-order valence-corrected chi connectivity index (χ4v) is 4.64. The molecule has 11 nitrogen and oxygen atoms in total. The number of hydrogen-bond donors (Lipinski definition) is 3. The number of aliphatic hydroxyl groups excluding tert-OH is 2. The Labute approximate surface area is 179 Å². The van der Waals surface area contributed by atoms with Gasteiger partial charge >= 0.3 is 13.5 Å². The van der Waals surface area contributed by atoms with Gasteiger partial charge in [0.05, 0.1) is 6.61 Å². The number of aliphatic hydroxyl groups is 2. The highest BCUT2D eigenvalue weighted by Gasteiger charge is 2.57. The monoisotopic (exact) mass is 468 g/mol. The minimum Gasteiger partial charge on any atom is -0.403 e. The first-order valence-electron chi connectivity index (χ1n) is 9.29. The number of aromatic amines is 1. The number of benzene rings is 1. The number of phosphoric ester groups is 1. The molecule has 2 aromatic rings. The van der Waals surface area contributed by atoms with Crippen molar-refractivity contribution in [2.75, 3.05) is 6.61 Å². The molecule has 1 aromatic carbocycles. The molecule has 3 heterocycles. The van der Waals surface area contributed by atoms with Gasteiger partial charge in [0.1, 0.15) is 30.1 Å². The number of hydrogen-bond acceptors (Lipinski definition) is 9. The van der Waals surface area contributed by atoms with Gasteiger partial charge in [0.2, 0.25) is 0 Å². The van der Waals surface area contributed by atoms with Gasteiger partial charge in [-0.05, 0) is 12.5 Å². The van der Waals surface area contributed by atoms with Crippen molar-refractivity contribution in [1.82, 2.24) is 9.55 Å². The molecule has 2 aliphatic heterocycles. The van der Waals surface area contributed by atoms with Gasteiger partial charge in [-0.25, -0.2) is 13.8 Å². The number of para-hydroxylation sites is 1. The third kappa shape index (κ3) is 3.80. The van der Waals surface area contributed by atoms with Gasteiger partial charge in [0.25, 0.3) is 11.4 Å². The van der Waals surface area contributed by atoms with Crippen LogP contribution in [0, 0.1) is 19.3 Å². The topological polar surface area (TPSA) is 149 Å². The summed E-state index contributed by atoms with van der Waals surface area (Å²) in [5.41, 5.74) is -0.945. The summed E-state index contributed by atoms with van der Waals surface area (Å²) in [5.74, 6) is -0.812. The molecule has 0 amide bonds. The largest absolute Gasteiger partial charge is 0.530 e. The minimum absolute atomic E-state index is 0.121. The number of terminal acetylenes is 1. The summed E-state index contributed by atoms with van der Waals surface area (Å²) in [7, 11) is -4.29. The zero-order valence-corrected chi connectivity index (χ0v) is 17.5. The fourth-order valence-electron chi connectivity index (χ4n) is 3.34. The second-order valence-corrected chi connectivity index (χ2v) is 8.83. The first-order chi connectivity index (χ1) is 15.1. The Balaban J connectivity index is 1.55. The molecule has 32 heavy (non-hydrogen) atoms. The summed E-state index contributed by atoms with van der Waals surface area (Å²) in [4.78, 5) is 25.6. The number of fused-ring (bicyclic) bond motifs is 1. The van der Waals surface area contributed by atoms with E-state index in [-0.39, 0.29) is 17.9 Å². The summed E-state index contributed by atoms with van der Waals surface area (Å²) in [6.45, 7) is 0.423. The highest BCUT2D eigenvalue weighted by Crippen LogP contribution is 2.56. The number of alkyl halides is 1. The first kappa shape index (κ1) is 22.4. The van der Waals surface area contributed by atoms with Crippen LogP contribution in [0.2, 0.25) is 0 Å². The lowest BCUT2D eigenvalue weighted by molar-refractivity contribution is -0.205. The van der Waals surface area contributed by atoms with Crippen molar-refractivity contribution in [1.29, 1.82) is 0 Å². The number of H-pyrrole nitrogens is 1. The van der Waals surface area contributed by atoms with Crippen LogP contribution in [0.5, 0.6) is 5.75 Å². The number of halogens is 1. The lowest BCUT2D eigenvalue weighted by Gasteiger charge is -2.29. The first-order valence-corrected chi connectivity index (χ1v) is 10.7. The SMILES string of the molecule is C#Cc1cn([C@@H]2O[C@](F)(COP3(=O)OCc4cccc(C)c4O3)[C@@H](O)[C@H]2O)c(=O)[nH]c1=O. The fraction of sp³-hybridized carbons (Fsp3) is 0.368. The van der Waals surface area contributed by atoms with Crippen LogP contribution in [0.3, 0.4) is 0 Å². The van der Waals surface area contributed by atoms with Crippen LogP contribution in [0.25, 0.3) is 0 Å². The average molecular weight is 468 g/mol. The zero-order valence-electron chi connectivity index (χ0n) is 16.6. The molecule has 13 heteroatoms. The summed E-state index contributed by atoms with van der Waals surface area (Å²) >= 11 is 0. The number of nitrogens with one attached hydrogen (secondary N) is 1. The Morgan fingerprint density at radius 3 is 2.91 bits per heavy atom. The molecular weight excluding hydrogens is 450 g/mol. The van der Waals surface area contributed by atoms with Crippen molar-refractivity contribution < 1.29 is 37.5 Å². The Bertz CT molecular complexity index is 1270. The van der Waals surface area contributed by atoms with E-state index in [1.54, 1.807) is 25.1 Å². The van der Waals surface area contributed by atoms with Crippen LogP contribution in [-0.4, -0.2) is 44.4 Å². The normalized spacial score (nSPS) is 31.5. The molecule has 0 bridgehead atoms. The Hall–Kier alpha value is -2.78. The Morgan fingerprint density at radius 2 is 2.19 bits per heavy atom. The number of rotatable bonds is 4. The number of aryl methyl sites for hydroxylation is 1. The maximum Gasteiger partial charge on any atom is 0.530 e. The molecule has 1 saturated heterocycles. The molecule has 1 fully saturated rings. The Morgan fingerprint density at radius 1 is 1.44 bits per heavy atom. The predicted molar refractivity (Wildman–Crippen MR) is 105 cm³/mol. The second-order valence-electron chi connectivity index (χ2n) is 7.23. The third-order valence-corrected chi connectivity index (χ3v) is 6.36. The van der Waals surface area contributed by atoms with Crippen molar-refractivity contribution in [3.63, 3.8) is 0 Å². The molecule has 1 aromatic heterocycles. The van der Waals surface area contributed by atoms with E-state index >= 15 is 4.39 Å². The van der Waals surface area contributed by atoms with Crippen LogP contribution in [0.15, 0.2) is 34.0 Å². The van der Waals surface area contributed by atoms with E-state index in [1.165, 1.54) is 0 Å². The van der Waals surface area contributed by atoms with Crippen LogP contribution >= 0.6 is 7.82 Å². The number of aromatic nitrogens is 2. The van der Waals surface area contributed by atoms with E-state index in [2.05, 4.69) is 0 Å². The lowest BCUT2D eigenvalue weighted by atomic mass is 10.1. The predicted octanol–water partition coefficient (Wildman–Crippen LogP) is 0.477. The standard InChI is InChI=1S/C19H18FN2O9P/c1-3-11-7-22(18(26)21-16(11)25)17-13(23)15(24)19(20,30-17)9-29-32(27)28-8-12-6-4-5-10(2)14(12)31-32/h1,4-7,13,15,17,23-24H,8-9H2,2H3,(H,21,25,26)/t13-,15+,17-,19-,32?/m1/s1. The van der Waals surface area contributed by atoms with Crippen molar-refractivity contribution in [3.05, 3.63) is 61.9 Å². The minimum atomic E-state index is -4.29. The summed E-state index contributed by atoms with van der Waals surface area (Å²) in [5, 5.41) is 20.5. The van der Waals surface area contributed by atoms with Crippen molar-refractivity contribution in [3.8, 4) is 18.1 Å². The molecule has 2 aliphatic rings. The van der Waals surface area contributed by atoms with Crippen LogP contribution in [-0.2, 0) is 25.0 Å². The van der Waals surface area contributed by atoms with E-state index in [9.17, 15) is 24.4 Å². The van der Waals surface area contributed by atoms with Crippen molar-refractivity contribution >= 4 is 7.82 Å². The van der Waals surface area contributed by atoms with Gasteiger partial charge in [-0.2, -0.15) is 0 Å². The van der Waals surface area contributed by atoms with Gasteiger partial charge in [0, 0.05) is 11.8 Å².